The maximum absolute atomic E-state index is 12.4. The maximum atomic E-state index is 12.4. The van der Waals surface area contributed by atoms with Gasteiger partial charge in [0.15, 0.2) is 11.4 Å². The number of pyridine rings is 2. The molecule has 0 aliphatic carbocycles. The van der Waals surface area contributed by atoms with E-state index in [0.717, 1.165) is 0 Å². The standard InChI is InChI=1S/C14H17N3O3/c1-4-17(5-2)14(20)11-12(18)10-9(7-6-8-15-10)13(19)16(11)3/h6-8,18H,4-5H2,1-3H3. The molecule has 0 saturated heterocycles. The van der Waals surface area contributed by atoms with Crippen LogP contribution in [0.4, 0.5) is 0 Å². The normalized spacial score (nSPS) is 10.8. The van der Waals surface area contributed by atoms with Crippen molar-refractivity contribution in [2.24, 2.45) is 7.05 Å². The van der Waals surface area contributed by atoms with Crippen LogP contribution in [0.1, 0.15) is 24.3 Å². The van der Waals surface area contributed by atoms with Crippen molar-refractivity contribution in [3.63, 3.8) is 0 Å². The molecule has 20 heavy (non-hydrogen) atoms. The molecule has 0 aliphatic rings. The van der Waals surface area contributed by atoms with Crippen LogP contribution in [0, 0.1) is 0 Å². The van der Waals surface area contributed by atoms with Crippen molar-refractivity contribution in [2.75, 3.05) is 13.1 Å². The number of nitrogens with zero attached hydrogens (tertiary/aromatic N) is 3. The van der Waals surface area contributed by atoms with Crippen LogP contribution in [0.25, 0.3) is 10.9 Å². The molecule has 0 atom stereocenters. The second kappa shape index (κ2) is 5.32. The molecule has 0 spiro atoms. The molecule has 2 aromatic rings. The van der Waals surface area contributed by atoms with Crippen LogP contribution in [-0.2, 0) is 7.05 Å². The third-order valence-electron chi connectivity index (χ3n) is 3.38. The highest BCUT2D eigenvalue weighted by molar-refractivity contribution is 6.00. The number of amides is 1. The van der Waals surface area contributed by atoms with Gasteiger partial charge >= 0.3 is 0 Å². The minimum Gasteiger partial charge on any atom is -0.504 e. The second-order valence-corrected chi connectivity index (χ2v) is 4.44. The average molecular weight is 275 g/mol. The highest BCUT2D eigenvalue weighted by Gasteiger charge is 2.23. The van der Waals surface area contributed by atoms with Crippen molar-refractivity contribution in [3.05, 3.63) is 34.4 Å². The maximum Gasteiger partial charge on any atom is 0.274 e. The minimum atomic E-state index is -0.375. The summed E-state index contributed by atoms with van der Waals surface area (Å²) in [5.74, 6) is -0.626. The van der Waals surface area contributed by atoms with Gasteiger partial charge in [0.2, 0.25) is 0 Å². The first kappa shape index (κ1) is 14.0. The molecule has 0 aromatic carbocycles. The van der Waals surface area contributed by atoms with Crippen LogP contribution >= 0.6 is 0 Å². The van der Waals surface area contributed by atoms with Gasteiger partial charge in [-0.3, -0.25) is 14.6 Å². The van der Waals surface area contributed by atoms with E-state index in [1.54, 1.807) is 17.0 Å². The Labute approximate surface area is 116 Å². The Morgan fingerprint density at radius 3 is 2.65 bits per heavy atom. The molecule has 1 amide bonds. The molecule has 2 aromatic heterocycles. The van der Waals surface area contributed by atoms with Crippen molar-refractivity contribution in [1.82, 2.24) is 14.5 Å². The van der Waals surface area contributed by atoms with Crippen LogP contribution in [0.15, 0.2) is 23.1 Å². The zero-order chi connectivity index (χ0) is 14.9. The van der Waals surface area contributed by atoms with E-state index in [9.17, 15) is 14.7 Å². The Morgan fingerprint density at radius 2 is 2.05 bits per heavy atom. The summed E-state index contributed by atoms with van der Waals surface area (Å²) in [6.45, 7) is 4.69. The Balaban J connectivity index is 2.78. The van der Waals surface area contributed by atoms with E-state index in [4.69, 9.17) is 0 Å². The molecule has 0 fully saturated rings. The van der Waals surface area contributed by atoms with Crippen LogP contribution < -0.4 is 5.56 Å². The zero-order valence-electron chi connectivity index (χ0n) is 11.8. The van der Waals surface area contributed by atoms with E-state index >= 15 is 0 Å². The quantitative estimate of drug-likeness (QED) is 0.910. The molecule has 106 valence electrons. The van der Waals surface area contributed by atoms with E-state index in [1.165, 1.54) is 17.8 Å². The molecule has 6 heteroatoms. The van der Waals surface area contributed by atoms with Crippen LogP contribution in [0.5, 0.6) is 5.75 Å². The lowest BCUT2D eigenvalue weighted by atomic mass is 10.2. The predicted octanol–water partition coefficient (Wildman–Crippen LogP) is 1.12. The first-order valence-electron chi connectivity index (χ1n) is 6.48. The lowest BCUT2D eigenvalue weighted by Crippen LogP contribution is -2.35. The number of aromatic nitrogens is 2. The van der Waals surface area contributed by atoms with Crippen LogP contribution in [0.3, 0.4) is 0 Å². The van der Waals surface area contributed by atoms with Crippen LogP contribution in [0.2, 0.25) is 0 Å². The summed E-state index contributed by atoms with van der Waals surface area (Å²) in [6.07, 6.45) is 1.48. The van der Waals surface area contributed by atoms with Crippen molar-refractivity contribution >= 4 is 16.8 Å². The van der Waals surface area contributed by atoms with E-state index in [0.29, 0.717) is 18.5 Å². The van der Waals surface area contributed by atoms with Crippen LogP contribution in [-0.4, -0.2) is 38.6 Å². The molecule has 0 radical (unpaired) electrons. The highest BCUT2D eigenvalue weighted by Crippen LogP contribution is 2.24. The summed E-state index contributed by atoms with van der Waals surface area (Å²) in [7, 11) is 1.48. The molecule has 1 N–H and O–H groups in total. The third kappa shape index (κ3) is 2.03. The van der Waals surface area contributed by atoms with Crippen molar-refractivity contribution in [3.8, 4) is 5.75 Å². The number of carbonyl (C=O) groups excluding carboxylic acids is 1. The van der Waals surface area contributed by atoms with E-state index in [-0.39, 0.29) is 28.4 Å². The molecule has 6 nitrogen and oxygen atoms in total. The SMILES string of the molecule is CCN(CC)C(=O)c1c(O)c2ncccc2c(=O)n1C. The molecule has 0 unspecified atom stereocenters. The Bertz CT molecular complexity index is 717. The van der Waals surface area contributed by atoms with Gasteiger partial charge in [-0.15, -0.1) is 0 Å². The third-order valence-corrected chi connectivity index (χ3v) is 3.38. The van der Waals surface area contributed by atoms with Gasteiger partial charge in [0.05, 0.1) is 5.39 Å². The van der Waals surface area contributed by atoms with Gasteiger partial charge < -0.3 is 14.6 Å². The molecular formula is C14H17N3O3. The van der Waals surface area contributed by atoms with Gasteiger partial charge in [-0.25, -0.2) is 0 Å². The predicted molar refractivity (Wildman–Crippen MR) is 75.9 cm³/mol. The molecule has 2 rings (SSSR count). The number of carbonyl (C=O) groups is 1. The van der Waals surface area contributed by atoms with Gasteiger partial charge in [-0.1, -0.05) is 0 Å². The minimum absolute atomic E-state index is 0.0232. The van der Waals surface area contributed by atoms with Crippen molar-refractivity contribution < 1.29 is 9.90 Å². The van der Waals surface area contributed by atoms with Gasteiger partial charge in [-0.05, 0) is 26.0 Å². The second-order valence-electron chi connectivity index (χ2n) is 4.44. The first-order chi connectivity index (χ1) is 9.52. The molecule has 0 saturated carbocycles. The molecule has 0 aliphatic heterocycles. The highest BCUT2D eigenvalue weighted by atomic mass is 16.3. The van der Waals surface area contributed by atoms with Gasteiger partial charge in [-0.2, -0.15) is 0 Å². The lowest BCUT2D eigenvalue weighted by molar-refractivity contribution is 0.0758. The number of aromatic hydroxyl groups is 1. The Hall–Kier alpha value is -2.37. The summed E-state index contributed by atoms with van der Waals surface area (Å²) in [5, 5.41) is 10.6. The number of rotatable bonds is 3. The van der Waals surface area contributed by atoms with Gasteiger partial charge in [0.1, 0.15) is 5.52 Å². The summed E-state index contributed by atoms with van der Waals surface area (Å²) in [4.78, 5) is 30.2. The smallest absolute Gasteiger partial charge is 0.274 e. The van der Waals surface area contributed by atoms with Gasteiger partial charge in [0.25, 0.3) is 11.5 Å². The monoisotopic (exact) mass is 275 g/mol. The lowest BCUT2D eigenvalue weighted by Gasteiger charge is -2.21. The number of fused-ring (bicyclic) bond motifs is 1. The van der Waals surface area contributed by atoms with Crippen molar-refractivity contribution in [1.29, 1.82) is 0 Å². The fourth-order valence-electron chi connectivity index (χ4n) is 2.23. The fraction of sp³-hybridized carbons (Fsp3) is 0.357. The summed E-state index contributed by atoms with van der Waals surface area (Å²) >= 11 is 0. The largest absolute Gasteiger partial charge is 0.504 e. The number of hydrogen-bond donors (Lipinski definition) is 1. The molecule has 2 heterocycles. The fourth-order valence-corrected chi connectivity index (χ4v) is 2.23. The summed E-state index contributed by atoms with van der Waals surface area (Å²) in [6, 6.07) is 3.20. The van der Waals surface area contributed by atoms with Gasteiger partial charge in [0, 0.05) is 26.3 Å². The van der Waals surface area contributed by atoms with E-state index in [2.05, 4.69) is 4.98 Å². The molecular weight excluding hydrogens is 258 g/mol. The summed E-state index contributed by atoms with van der Waals surface area (Å²) in [5.41, 5.74) is -0.211. The van der Waals surface area contributed by atoms with Crippen molar-refractivity contribution in [2.45, 2.75) is 13.8 Å². The number of hydrogen-bond acceptors (Lipinski definition) is 4. The Morgan fingerprint density at radius 1 is 1.40 bits per heavy atom. The zero-order valence-corrected chi connectivity index (χ0v) is 11.8. The van der Waals surface area contributed by atoms with E-state index < -0.39 is 0 Å². The topological polar surface area (TPSA) is 75.4 Å². The first-order valence-corrected chi connectivity index (χ1v) is 6.48. The average Bonchev–Trinajstić information content (AvgIpc) is 2.46. The Kier molecular flexibility index (Phi) is 3.74. The summed E-state index contributed by atoms with van der Waals surface area (Å²) < 4.78 is 1.18. The van der Waals surface area contributed by atoms with E-state index in [1.807, 2.05) is 13.8 Å². The molecule has 0 bridgehead atoms.